The van der Waals surface area contributed by atoms with Gasteiger partial charge in [0.05, 0.1) is 13.0 Å². The smallest absolute Gasteiger partial charge is 0.310 e. The van der Waals surface area contributed by atoms with E-state index in [1.165, 1.54) is 24.1 Å². The summed E-state index contributed by atoms with van der Waals surface area (Å²) in [5.74, 6) is -2.00. The molecule has 4 rings (SSSR count). The predicted molar refractivity (Wildman–Crippen MR) is 98.5 cm³/mol. The number of benzene rings is 2. The highest BCUT2D eigenvalue weighted by Crippen LogP contribution is 2.54. The monoisotopic (exact) mass is 368 g/mol. The molecule has 2 aliphatic heterocycles. The molecule has 1 saturated heterocycles. The summed E-state index contributed by atoms with van der Waals surface area (Å²) in [6.07, 6.45) is 0. The van der Waals surface area contributed by atoms with Crippen molar-refractivity contribution in [3.8, 4) is 0 Å². The first-order valence-corrected chi connectivity index (χ1v) is 8.90. The van der Waals surface area contributed by atoms with Gasteiger partial charge in [0.2, 0.25) is 0 Å². The number of esters is 1. The van der Waals surface area contributed by atoms with Crippen molar-refractivity contribution in [2.24, 2.45) is 11.8 Å². The van der Waals surface area contributed by atoms with Gasteiger partial charge in [-0.15, -0.1) is 0 Å². The van der Waals surface area contributed by atoms with Crippen molar-refractivity contribution in [1.29, 1.82) is 0 Å². The van der Waals surface area contributed by atoms with Crippen molar-refractivity contribution in [3.63, 3.8) is 0 Å². The van der Waals surface area contributed by atoms with Crippen LogP contribution in [-0.2, 0) is 19.9 Å². The minimum atomic E-state index is -1.18. The molecule has 0 aromatic heterocycles. The Morgan fingerprint density at radius 3 is 2.59 bits per heavy atom. The minimum absolute atomic E-state index is 0.192. The van der Waals surface area contributed by atoms with E-state index >= 15 is 0 Å². The second-order valence-electron chi connectivity index (χ2n) is 7.20. The largest absolute Gasteiger partial charge is 0.469 e. The molecule has 27 heavy (non-hydrogen) atoms. The maximum Gasteiger partial charge on any atom is 0.310 e. The lowest BCUT2D eigenvalue weighted by Gasteiger charge is -2.29. The highest BCUT2D eigenvalue weighted by atomic mass is 19.1. The van der Waals surface area contributed by atoms with Crippen LogP contribution in [0.4, 0.5) is 10.1 Å². The molecule has 2 aromatic carbocycles. The number of anilines is 1. The van der Waals surface area contributed by atoms with Gasteiger partial charge < -0.3 is 9.64 Å². The first-order valence-electron chi connectivity index (χ1n) is 8.90. The lowest BCUT2D eigenvalue weighted by Crippen LogP contribution is -2.50. The number of ether oxygens (including phenoxy) is 1. The van der Waals surface area contributed by atoms with Gasteiger partial charge in [0.1, 0.15) is 11.4 Å². The molecular formula is C21H21FN2O3. The summed E-state index contributed by atoms with van der Waals surface area (Å²) < 4.78 is 19.1. The molecule has 4 atom stereocenters. The summed E-state index contributed by atoms with van der Waals surface area (Å²) in [6.45, 7) is 1.85. The molecule has 140 valence electrons. The highest BCUT2D eigenvalue weighted by Gasteiger charge is 2.63. The van der Waals surface area contributed by atoms with Gasteiger partial charge in [-0.05, 0) is 23.8 Å². The third-order valence-electron chi connectivity index (χ3n) is 5.98. The van der Waals surface area contributed by atoms with Crippen molar-refractivity contribution in [2.45, 2.75) is 18.5 Å². The molecule has 1 spiro atoms. The molecule has 0 radical (unpaired) electrons. The molecule has 1 fully saturated rings. The van der Waals surface area contributed by atoms with Gasteiger partial charge >= 0.3 is 5.97 Å². The highest BCUT2D eigenvalue weighted by molar-refractivity contribution is 6.08. The first kappa shape index (κ1) is 17.7. The molecule has 2 aromatic rings. The zero-order chi connectivity index (χ0) is 19.3. The Hall–Kier alpha value is -2.73. The van der Waals surface area contributed by atoms with E-state index in [0.717, 1.165) is 5.56 Å². The number of carbonyl (C=O) groups excluding carboxylic acids is 2. The molecule has 0 unspecified atom stereocenters. The fourth-order valence-electron chi connectivity index (χ4n) is 4.64. The van der Waals surface area contributed by atoms with Crippen LogP contribution in [0.3, 0.4) is 0 Å². The van der Waals surface area contributed by atoms with Crippen LogP contribution in [0.1, 0.15) is 24.1 Å². The van der Waals surface area contributed by atoms with Crippen LogP contribution in [0.5, 0.6) is 0 Å². The van der Waals surface area contributed by atoms with Gasteiger partial charge in [-0.1, -0.05) is 37.3 Å². The maximum absolute atomic E-state index is 14.1. The molecule has 2 aliphatic rings. The quantitative estimate of drug-likeness (QED) is 0.828. The van der Waals surface area contributed by atoms with Crippen molar-refractivity contribution in [1.82, 2.24) is 5.32 Å². The number of methoxy groups -OCH3 is 1. The second-order valence-corrected chi connectivity index (χ2v) is 7.20. The Bertz CT molecular complexity index is 917. The Balaban J connectivity index is 1.91. The van der Waals surface area contributed by atoms with E-state index in [-0.39, 0.29) is 11.9 Å². The number of nitrogens with one attached hydrogen (secondary N) is 1. The van der Waals surface area contributed by atoms with E-state index in [1.54, 1.807) is 13.1 Å². The van der Waals surface area contributed by atoms with Crippen molar-refractivity contribution < 1.29 is 18.7 Å². The molecule has 0 bridgehead atoms. The summed E-state index contributed by atoms with van der Waals surface area (Å²) in [7, 11) is 3.02. The summed E-state index contributed by atoms with van der Waals surface area (Å²) in [5.41, 5.74) is 0.927. The zero-order valence-corrected chi connectivity index (χ0v) is 15.4. The number of halogens is 1. The van der Waals surface area contributed by atoms with Crippen LogP contribution >= 0.6 is 0 Å². The summed E-state index contributed by atoms with van der Waals surface area (Å²) in [6, 6.07) is 13.4. The average molecular weight is 368 g/mol. The van der Waals surface area contributed by atoms with E-state index < -0.39 is 29.2 Å². The van der Waals surface area contributed by atoms with E-state index in [2.05, 4.69) is 5.32 Å². The number of likely N-dealkylation sites (N-methyl/N-ethyl adjacent to an activating group) is 1. The SMILES string of the molecule is COC(=O)[C@@H]1[C@H](c2ccccc2)N[C@@]2(C(=O)N(C)c3ccc(F)cc32)[C@H]1C. The van der Waals surface area contributed by atoms with Gasteiger partial charge in [-0.3, -0.25) is 14.9 Å². The maximum atomic E-state index is 14.1. The number of nitrogens with zero attached hydrogens (tertiary/aromatic N) is 1. The fraction of sp³-hybridized carbons (Fsp3) is 0.333. The second kappa shape index (κ2) is 6.16. The average Bonchev–Trinajstić information content (AvgIpc) is 3.10. The molecule has 1 N–H and O–H groups in total. The van der Waals surface area contributed by atoms with Gasteiger partial charge in [-0.25, -0.2) is 4.39 Å². The fourth-order valence-corrected chi connectivity index (χ4v) is 4.64. The number of hydrogen-bond donors (Lipinski definition) is 1. The van der Waals surface area contributed by atoms with Gasteiger partial charge in [-0.2, -0.15) is 0 Å². The van der Waals surface area contributed by atoms with Crippen LogP contribution in [0.2, 0.25) is 0 Å². The molecular weight excluding hydrogens is 347 g/mol. The third kappa shape index (κ3) is 2.33. The summed E-state index contributed by atoms with van der Waals surface area (Å²) in [5, 5.41) is 3.40. The third-order valence-corrected chi connectivity index (χ3v) is 5.98. The number of hydrogen-bond acceptors (Lipinski definition) is 4. The molecule has 0 aliphatic carbocycles. The Kier molecular flexibility index (Phi) is 4.03. The number of carbonyl (C=O) groups is 2. The van der Waals surface area contributed by atoms with Gasteiger partial charge in [0.15, 0.2) is 0 Å². The predicted octanol–water partition coefficient (Wildman–Crippen LogP) is 2.77. The Labute approximate surface area is 157 Å². The minimum Gasteiger partial charge on any atom is -0.469 e. The van der Waals surface area contributed by atoms with Crippen LogP contribution in [0, 0.1) is 17.7 Å². The van der Waals surface area contributed by atoms with E-state index in [1.807, 2.05) is 37.3 Å². The van der Waals surface area contributed by atoms with Crippen molar-refractivity contribution in [3.05, 3.63) is 65.5 Å². The number of fused-ring (bicyclic) bond motifs is 2. The number of rotatable bonds is 2. The topological polar surface area (TPSA) is 58.6 Å². The molecule has 5 nitrogen and oxygen atoms in total. The van der Waals surface area contributed by atoms with Gasteiger partial charge in [0, 0.05) is 30.3 Å². The first-order chi connectivity index (χ1) is 12.9. The normalized spacial score (nSPS) is 29.3. The van der Waals surface area contributed by atoms with E-state index in [9.17, 15) is 14.0 Å². The zero-order valence-electron chi connectivity index (χ0n) is 15.4. The van der Waals surface area contributed by atoms with E-state index in [4.69, 9.17) is 4.74 Å². The standard InChI is InChI=1S/C21H21FN2O3/c1-12-17(19(25)27-3)18(13-7-5-4-6-8-13)23-21(12)15-11-14(22)9-10-16(15)24(2)20(21)26/h4-12,17-18,23H,1-3H3/t12-,17-,18-,21-/m0/s1. The van der Waals surface area contributed by atoms with E-state index in [0.29, 0.717) is 11.3 Å². The molecule has 0 saturated carbocycles. The lowest BCUT2D eigenvalue weighted by atomic mass is 9.76. The number of amides is 1. The van der Waals surface area contributed by atoms with Crippen LogP contribution in [0.25, 0.3) is 0 Å². The molecule has 6 heteroatoms. The summed E-state index contributed by atoms with van der Waals surface area (Å²) >= 11 is 0. The Morgan fingerprint density at radius 1 is 1.22 bits per heavy atom. The molecule has 2 heterocycles. The Morgan fingerprint density at radius 2 is 1.93 bits per heavy atom. The van der Waals surface area contributed by atoms with Crippen molar-refractivity contribution >= 4 is 17.6 Å². The van der Waals surface area contributed by atoms with Crippen LogP contribution in [-0.4, -0.2) is 26.0 Å². The lowest BCUT2D eigenvalue weighted by molar-refractivity contribution is -0.147. The molecule has 1 amide bonds. The van der Waals surface area contributed by atoms with Crippen molar-refractivity contribution in [2.75, 3.05) is 19.1 Å². The van der Waals surface area contributed by atoms with Gasteiger partial charge in [0.25, 0.3) is 5.91 Å². The van der Waals surface area contributed by atoms with Crippen LogP contribution in [0.15, 0.2) is 48.5 Å². The summed E-state index contributed by atoms with van der Waals surface area (Å²) in [4.78, 5) is 27.5. The van der Waals surface area contributed by atoms with Crippen LogP contribution < -0.4 is 10.2 Å².